The fourth-order valence-corrected chi connectivity index (χ4v) is 1.91. The Kier molecular flexibility index (Phi) is 2.38. The summed E-state index contributed by atoms with van der Waals surface area (Å²) < 4.78 is 0. The van der Waals surface area contributed by atoms with E-state index in [9.17, 15) is 4.79 Å². The van der Waals surface area contributed by atoms with Gasteiger partial charge in [0.2, 0.25) is 0 Å². The van der Waals surface area contributed by atoms with E-state index in [0.29, 0.717) is 0 Å². The molecule has 0 amide bonds. The first-order chi connectivity index (χ1) is 6.66. The van der Waals surface area contributed by atoms with E-state index < -0.39 is 0 Å². The van der Waals surface area contributed by atoms with E-state index >= 15 is 0 Å². The van der Waals surface area contributed by atoms with Crippen molar-refractivity contribution < 1.29 is 4.79 Å². The molecular formula is C12H15NO. The number of hydrogen-bond acceptors (Lipinski definition) is 2. The molecule has 0 atom stereocenters. The fraction of sp³-hybridized carbons (Fsp3) is 0.417. The van der Waals surface area contributed by atoms with Crippen LogP contribution in [-0.2, 0) is 0 Å². The molecule has 0 spiro atoms. The monoisotopic (exact) mass is 189 g/mol. The van der Waals surface area contributed by atoms with Gasteiger partial charge in [0, 0.05) is 17.5 Å². The van der Waals surface area contributed by atoms with Crippen molar-refractivity contribution in [2.75, 3.05) is 0 Å². The molecule has 1 saturated carbocycles. The van der Waals surface area contributed by atoms with E-state index in [2.05, 4.69) is 0 Å². The van der Waals surface area contributed by atoms with Crippen LogP contribution in [0.4, 0.5) is 0 Å². The van der Waals surface area contributed by atoms with Gasteiger partial charge in [0.1, 0.15) is 0 Å². The van der Waals surface area contributed by atoms with Crippen LogP contribution in [0.25, 0.3) is 0 Å². The third-order valence-electron chi connectivity index (χ3n) is 2.85. The molecule has 0 aromatic heterocycles. The van der Waals surface area contributed by atoms with Crippen molar-refractivity contribution in [2.24, 2.45) is 11.7 Å². The Morgan fingerprint density at radius 2 is 2.14 bits per heavy atom. The third-order valence-corrected chi connectivity index (χ3v) is 2.85. The van der Waals surface area contributed by atoms with Crippen LogP contribution in [0.1, 0.15) is 28.8 Å². The molecule has 2 heteroatoms. The van der Waals surface area contributed by atoms with Gasteiger partial charge in [-0.2, -0.15) is 0 Å². The Hall–Kier alpha value is -1.15. The van der Waals surface area contributed by atoms with Gasteiger partial charge in [-0.1, -0.05) is 23.8 Å². The smallest absolute Gasteiger partial charge is 0.166 e. The van der Waals surface area contributed by atoms with Gasteiger partial charge in [-0.15, -0.1) is 0 Å². The number of aryl methyl sites for hydroxylation is 1. The Morgan fingerprint density at radius 1 is 1.43 bits per heavy atom. The molecule has 1 fully saturated rings. The largest absolute Gasteiger partial charge is 0.328 e. The maximum absolute atomic E-state index is 11.9. The Morgan fingerprint density at radius 3 is 2.71 bits per heavy atom. The fourth-order valence-electron chi connectivity index (χ4n) is 1.91. The molecule has 0 bridgehead atoms. The molecular weight excluding hydrogens is 174 g/mol. The average molecular weight is 189 g/mol. The normalized spacial score (nSPS) is 25.6. The van der Waals surface area contributed by atoms with Gasteiger partial charge >= 0.3 is 0 Å². The topological polar surface area (TPSA) is 43.1 Å². The molecule has 1 aromatic carbocycles. The van der Waals surface area contributed by atoms with Gasteiger partial charge in [0.25, 0.3) is 0 Å². The number of ketones is 1. The number of rotatable bonds is 2. The van der Waals surface area contributed by atoms with Gasteiger partial charge in [-0.25, -0.2) is 0 Å². The summed E-state index contributed by atoms with van der Waals surface area (Å²) in [5.41, 5.74) is 7.64. The summed E-state index contributed by atoms with van der Waals surface area (Å²) in [6.45, 7) is 2.00. The van der Waals surface area contributed by atoms with Crippen LogP contribution < -0.4 is 5.73 Å². The van der Waals surface area contributed by atoms with E-state index in [1.54, 1.807) is 0 Å². The summed E-state index contributed by atoms with van der Waals surface area (Å²) in [7, 11) is 0. The summed E-state index contributed by atoms with van der Waals surface area (Å²) in [6.07, 6.45) is 1.71. The quantitative estimate of drug-likeness (QED) is 0.722. The molecule has 2 N–H and O–H groups in total. The van der Waals surface area contributed by atoms with E-state index in [-0.39, 0.29) is 17.7 Å². The molecule has 0 aliphatic heterocycles. The van der Waals surface area contributed by atoms with Crippen molar-refractivity contribution in [3.63, 3.8) is 0 Å². The Balaban J connectivity index is 2.12. The van der Waals surface area contributed by atoms with Crippen LogP contribution in [0.2, 0.25) is 0 Å². The highest BCUT2D eigenvalue weighted by molar-refractivity contribution is 5.98. The minimum absolute atomic E-state index is 0.173. The van der Waals surface area contributed by atoms with E-state index in [0.717, 1.165) is 24.0 Å². The van der Waals surface area contributed by atoms with E-state index in [4.69, 9.17) is 5.73 Å². The number of nitrogens with two attached hydrogens (primary N) is 1. The minimum atomic E-state index is 0.173. The van der Waals surface area contributed by atoms with E-state index in [1.165, 1.54) is 0 Å². The van der Waals surface area contributed by atoms with Gasteiger partial charge in [0.15, 0.2) is 5.78 Å². The van der Waals surface area contributed by atoms with Crippen molar-refractivity contribution in [3.05, 3.63) is 35.4 Å². The van der Waals surface area contributed by atoms with Gasteiger partial charge in [-0.3, -0.25) is 4.79 Å². The summed E-state index contributed by atoms with van der Waals surface area (Å²) >= 11 is 0. The summed E-state index contributed by atoms with van der Waals surface area (Å²) in [6, 6.07) is 8.02. The Labute approximate surface area is 84.1 Å². The molecule has 0 heterocycles. The number of carbonyl (C=O) groups is 1. The van der Waals surface area contributed by atoms with Crippen LogP contribution >= 0.6 is 0 Å². The van der Waals surface area contributed by atoms with Gasteiger partial charge in [-0.05, 0) is 25.8 Å². The zero-order chi connectivity index (χ0) is 10.1. The van der Waals surface area contributed by atoms with Crippen molar-refractivity contribution in [3.8, 4) is 0 Å². The molecule has 2 nitrogen and oxygen atoms in total. The summed E-state index contributed by atoms with van der Waals surface area (Å²) in [4.78, 5) is 11.9. The van der Waals surface area contributed by atoms with Crippen LogP contribution in [-0.4, -0.2) is 11.8 Å². The third kappa shape index (κ3) is 1.70. The Bertz CT molecular complexity index is 353. The van der Waals surface area contributed by atoms with Crippen molar-refractivity contribution >= 4 is 5.78 Å². The zero-order valence-corrected chi connectivity index (χ0v) is 8.36. The van der Waals surface area contributed by atoms with Crippen LogP contribution in [0, 0.1) is 12.8 Å². The number of hydrogen-bond donors (Lipinski definition) is 1. The first-order valence-electron chi connectivity index (χ1n) is 5.03. The second kappa shape index (κ2) is 3.54. The highest BCUT2D eigenvalue weighted by Gasteiger charge is 2.32. The lowest BCUT2D eigenvalue weighted by Gasteiger charge is -2.31. The molecule has 2 rings (SSSR count). The summed E-state index contributed by atoms with van der Waals surface area (Å²) in [5.74, 6) is 0.433. The predicted octanol–water partition coefficient (Wildman–Crippen LogP) is 1.92. The zero-order valence-electron chi connectivity index (χ0n) is 8.36. The summed E-state index contributed by atoms with van der Waals surface area (Å²) in [5, 5.41) is 0. The SMILES string of the molecule is Cc1cccc(C(=O)C2CC(N)C2)c1. The van der Waals surface area contributed by atoms with Crippen molar-refractivity contribution in [2.45, 2.75) is 25.8 Å². The van der Waals surface area contributed by atoms with Crippen molar-refractivity contribution in [1.29, 1.82) is 0 Å². The molecule has 1 aliphatic rings. The second-order valence-electron chi connectivity index (χ2n) is 4.16. The van der Waals surface area contributed by atoms with Gasteiger partial charge < -0.3 is 5.73 Å². The predicted molar refractivity (Wildman–Crippen MR) is 56.2 cm³/mol. The highest BCUT2D eigenvalue weighted by atomic mass is 16.1. The molecule has 1 aromatic rings. The molecule has 0 radical (unpaired) electrons. The first-order valence-corrected chi connectivity index (χ1v) is 5.03. The molecule has 1 aliphatic carbocycles. The molecule has 0 saturated heterocycles. The lowest BCUT2D eigenvalue weighted by molar-refractivity contribution is 0.0832. The standard InChI is InChI=1S/C12H15NO/c1-8-3-2-4-9(5-8)12(14)10-6-11(13)7-10/h2-5,10-11H,6-7,13H2,1H3. The average Bonchev–Trinajstić information content (AvgIpc) is 2.12. The molecule has 14 heavy (non-hydrogen) atoms. The second-order valence-corrected chi connectivity index (χ2v) is 4.16. The molecule has 0 unspecified atom stereocenters. The highest BCUT2D eigenvalue weighted by Crippen LogP contribution is 2.29. The number of carbonyl (C=O) groups excluding carboxylic acids is 1. The maximum Gasteiger partial charge on any atom is 0.166 e. The maximum atomic E-state index is 11.9. The minimum Gasteiger partial charge on any atom is -0.328 e. The number of Topliss-reactive ketones (excluding diaryl/α,β-unsaturated/α-hetero) is 1. The first kappa shape index (κ1) is 9.41. The van der Waals surface area contributed by atoms with E-state index in [1.807, 2.05) is 31.2 Å². The lowest BCUT2D eigenvalue weighted by Crippen LogP contribution is -2.40. The lowest BCUT2D eigenvalue weighted by atomic mass is 9.76. The van der Waals surface area contributed by atoms with Crippen LogP contribution in [0.15, 0.2) is 24.3 Å². The van der Waals surface area contributed by atoms with Crippen molar-refractivity contribution in [1.82, 2.24) is 0 Å². The number of benzene rings is 1. The van der Waals surface area contributed by atoms with Gasteiger partial charge in [0.05, 0.1) is 0 Å². The molecule has 74 valence electrons. The van der Waals surface area contributed by atoms with Crippen LogP contribution in [0.5, 0.6) is 0 Å². The van der Waals surface area contributed by atoms with Crippen LogP contribution in [0.3, 0.4) is 0 Å².